The summed E-state index contributed by atoms with van der Waals surface area (Å²) in [5, 5.41) is 12.9. The number of carbonyl (C=O) groups is 1. The van der Waals surface area contributed by atoms with Crippen LogP contribution in [0, 0.1) is 5.92 Å². The van der Waals surface area contributed by atoms with Gasteiger partial charge < -0.3 is 19.9 Å². The van der Waals surface area contributed by atoms with Gasteiger partial charge in [-0.15, -0.1) is 0 Å². The van der Waals surface area contributed by atoms with E-state index in [9.17, 15) is 9.90 Å². The molecule has 1 unspecified atom stereocenters. The molecule has 0 spiro atoms. The summed E-state index contributed by atoms with van der Waals surface area (Å²) in [4.78, 5) is 12.5. The highest BCUT2D eigenvalue weighted by molar-refractivity contribution is 5.95. The second kappa shape index (κ2) is 6.10. The topological polar surface area (TPSA) is 67.8 Å². The zero-order valence-corrected chi connectivity index (χ0v) is 12.7. The van der Waals surface area contributed by atoms with Gasteiger partial charge in [0.25, 0.3) is 0 Å². The Bertz CT molecular complexity index is 598. The van der Waals surface area contributed by atoms with Crippen LogP contribution in [0.2, 0.25) is 0 Å². The van der Waals surface area contributed by atoms with Crippen molar-refractivity contribution >= 4 is 11.6 Å². The van der Waals surface area contributed by atoms with E-state index in [0.717, 1.165) is 11.1 Å². The quantitative estimate of drug-likeness (QED) is 0.842. The lowest BCUT2D eigenvalue weighted by atomic mass is 9.95. The summed E-state index contributed by atoms with van der Waals surface area (Å²) in [6.07, 6.45) is 0.477. The number of aliphatic hydroxyl groups is 1. The van der Waals surface area contributed by atoms with Crippen LogP contribution in [0.1, 0.15) is 31.4 Å². The third kappa shape index (κ3) is 2.74. The first-order valence-corrected chi connectivity index (χ1v) is 7.59. The van der Waals surface area contributed by atoms with Gasteiger partial charge in [0.15, 0.2) is 0 Å². The first-order valence-electron chi connectivity index (χ1n) is 7.59. The van der Waals surface area contributed by atoms with E-state index in [4.69, 9.17) is 9.47 Å². The number of ether oxygens (including phenoxy) is 2. The molecule has 2 aliphatic heterocycles. The van der Waals surface area contributed by atoms with Gasteiger partial charge in [0.05, 0.1) is 30.4 Å². The van der Waals surface area contributed by atoms with Gasteiger partial charge in [-0.3, -0.25) is 4.79 Å². The van der Waals surface area contributed by atoms with E-state index in [1.807, 2.05) is 19.1 Å². The fourth-order valence-electron chi connectivity index (χ4n) is 3.07. The SMILES string of the molecule is C=C(C)[C@H]1OCC[C@H]1C(=O)Nc1cccc2c1OCCC2O. The third-order valence-corrected chi connectivity index (χ3v) is 4.21. The maximum atomic E-state index is 12.5. The van der Waals surface area contributed by atoms with E-state index in [1.54, 1.807) is 6.07 Å². The zero-order valence-electron chi connectivity index (χ0n) is 12.7. The van der Waals surface area contributed by atoms with Crippen molar-refractivity contribution in [1.82, 2.24) is 0 Å². The molecule has 0 aromatic heterocycles. The van der Waals surface area contributed by atoms with Crippen LogP contribution < -0.4 is 10.1 Å². The zero-order chi connectivity index (χ0) is 15.7. The van der Waals surface area contributed by atoms with Crippen molar-refractivity contribution in [2.45, 2.75) is 32.0 Å². The average molecular weight is 303 g/mol. The first-order chi connectivity index (χ1) is 10.6. The van der Waals surface area contributed by atoms with E-state index < -0.39 is 6.10 Å². The van der Waals surface area contributed by atoms with E-state index in [0.29, 0.717) is 37.5 Å². The fraction of sp³-hybridized carbons (Fsp3) is 0.471. The molecule has 5 heteroatoms. The predicted molar refractivity (Wildman–Crippen MR) is 82.8 cm³/mol. The number of anilines is 1. The minimum absolute atomic E-state index is 0.0948. The summed E-state index contributed by atoms with van der Waals surface area (Å²) in [5.41, 5.74) is 2.19. The second-order valence-electron chi connectivity index (χ2n) is 5.90. The molecular formula is C17H21NO4. The van der Waals surface area contributed by atoms with Crippen LogP contribution >= 0.6 is 0 Å². The Balaban J connectivity index is 1.80. The molecule has 22 heavy (non-hydrogen) atoms. The molecule has 118 valence electrons. The fourth-order valence-corrected chi connectivity index (χ4v) is 3.07. The minimum atomic E-state index is -0.543. The number of aliphatic hydroxyl groups excluding tert-OH is 1. The van der Waals surface area contributed by atoms with Crippen molar-refractivity contribution in [2.24, 2.45) is 5.92 Å². The van der Waals surface area contributed by atoms with Gasteiger partial charge in [-0.2, -0.15) is 0 Å². The van der Waals surface area contributed by atoms with Crippen LogP contribution in [-0.2, 0) is 9.53 Å². The lowest BCUT2D eigenvalue weighted by Gasteiger charge is -2.25. The summed E-state index contributed by atoms with van der Waals surface area (Å²) in [6.45, 7) is 6.78. The Labute approximate surface area is 129 Å². The number of rotatable bonds is 3. The predicted octanol–water partition coefficient (Wildman–Crippen LogP) is 2.42. The van der Waals surface area contributed by atoms with Crippen molar-refractivity contribution in [3.63, 3.8) is 0 Å². The first kappa shape index (κ1) is 15.1. The highest BCUT2D eigenvalue weighted by Gasteiger charge is 2.35. The van der Waals surface area contributed by atoms with Gasteiger partial charge in [0.2, 0.25) is 5.91 Å². The summed E-state index contributed by atoms with van der Waals surface area (Å²) < 4.78 is 11.2. The summed E-state index contributed by atoms with van der Waals surface area (Å²) in [6, 6.07) is 5.43. The average Bonchev–Trinajstić information content (AvgIpc) is 2.98. The van der Waals surface area contributed by atoms with Crippen molar-refractivity contribution < 1.29 is 19.4 Å². The van der Waals surface area contributed by atoms with E-state index in [-0.39, 0.29) is 17.9 Å². The molecule has 2 heterocycles. The third-order valence-electron chi connectivity index (χ3n) is 4.21. The molecule has 3 atom stereocenters. The Hall–Kier alpha value is -1.85. The summed E-state index contributed by atoms with van der Waals surface area (Å²) >= 11 is 0. The molecule has 0 bridgehead atoms. The summed E-state index contributed by atoms with van der Waals surface area (Å²) in [7, 11) is 0. The number of hydrogen-bond donors (Lipinski definition) is 2. The molecule has 5 nitrogen and oxygen atoms in total. The Morgan fingerprint density at radius 2 is 2.18 bits per heavy atom. The van der Waals surface area contributed by atoms with Gasteiger partial charge in [-0.1, -0.05) is 24.3 Å². The molecule has 1 aromatic carbocycles. The van der Waals surface area contributed by atoms with Crippen molar-refractivity contribution in [1.29, 1.82) is 0 Å². The molecule has 0 saturated carbocycles. The van der Waals surface area contributed by atoms with Gasteiger partial charge in [-0.25, -0.2) is 0 Å². The van der Waals surface area contributed by atoms with Crippen LogP contribution in [0.15, 0.2) is 30.4 Å². The van der Waals surface area contributed by atoms with Gasteiger partial charge in [0, 0.05) is 18.6 Å². The van der Waals surface area contributed by atoms with Gasteiger partial charge in [-0.05, 0) is 19.4 Å². The van der Waals surface area contributed by atoms with Crippen LogP contribution in [0.25, 0.3) is 0 Å². The van der Waals surface area contributed by atoms with Crippen molar-refractivity contribution in [3.8, 4) is 5.75 Å². The number of para-hydroxylation sites is 1. The lowest BCUT2D eigenvalue weighted by Crippen LogP contribution is -2.30. The number of hydrogen-bond acceptors (Lipinski definition) is 4. The minimum Gasteiger partial charge on any atom is -0.491 e. The van der Waals surface area contributed by atoms with Gasteiger partial charge >= 0.3 is 0 Å². The van der Waals surface area contributed by atoms with Crippen LogP contribution in [0.3, 0.4) is 0 Å². The molecule has 1 fully saturated rings. The number of carbonyl (C=O) groups excluding carboxylic acids is 1. The van der Waals surface area contributed by atoms with Crippen LogP contribution in [0.4, 0.5) is 5.69 Å². The number of fused-ring (bicyclic) bond motifs is 1. The van der Waals surface area contributed by atoms with Crippen molar-refractivity contribution in [2.75, 3.05) is 18.5 Å². The molecule has 1 saturated heterocycles. The van der Waals surface area contributed by atoms with E-state index in [2.05, 4.69) is 11.9 Å². The maximum Gasteiger partial charge on any atom is 0.230 e. The number of nitrogens with one attached hydrogen (secondary N) is 1. The Kier molecular flexibility index (Phi) is 4.18. The van der Waals surface area contributed by atoms with Gasteiger partial charge in [0.1, 0.15) is 5.75 Å². The van der Waals surface area contributed by atoms with E-state index >= 15 is 0 Å². The lowest BCUT2D eigenvalue weighted by molar-refractivity contribution is -0.120. The maximum absolute atomic E-state index is 12.5. The van der Waals surface area contributed by atoms with E-state index in [1.165, 1.54) is 0 Å². The normalized spacial score (nSPS) is 26.9. The smallest absolute Gasteiger partial charge is 0.230 e. The molecule has 2 N–H and O–H groups in total. The molecule has 2 aliphatic rings. The molecule has 3 rings (SSSR count). The standard InChI is InChI=1S/C17H21NO4/c1-10(2)15-12(6-8-21-15)17(20)18-13-5-3-4-11-14(19)7-9-22-16(11)13/h3-5,12,14-15,19H,1,6-9H2,2H3,(H,18,20)/t12-,14?,15-/m1/s1. The number of amides is 1. The number of benzene rings is 1. The second-order valence-corrected chi connectivity index (χ2v) is 5.90. The highest BCUT2D eigenvalue weighted by atomic mass is 16.5. The van der Waals surface area contributed by atoms with Crippen LogP contribution in [0.5, 0.6) is 5.75 Å². The summed E-state index contributed by atoms with van der Waals surface area (Å²) in [5.74, 6) is 0.241. The largest absolute Gasteiger partial charge is 0.491 e. The molecule has 1 amide bonds. The molecule has 1 aromatic rings. The highest BCUT2D eigenvalue weighted by Crippen LogP contribution is 2.38. The van der Waals surface area contributed by atoms with Crippen LogP contribution in [-0.4, -0.2) is 30.3 Å². The Morgan fingerprint density at radius 3 is 2.95 bits per heavy atom. The molecule has 0 aliphatic carbocycles. The monoisotopic (exact) mass is 303 g/mol. The molecular weight excluding hydrogens is 282 g/mol. The Morgan fingerprint density at radius 1 is 1.36 bits per heavy atom. The molecule has 0 radical (unpaired) electrons. The van der Waals surface area contributed by atoms with Crippen molar-refractivity contribution in [3.05, 3.63) is 35.9 Å².